The van der Waals surface area contributed by atoms with Crippen molar-refractivity contribution in [2.75, 3.05) is 13.7 Å². The molecule has 0 spiro atoms. The first-order valence-electron chi connectivity index (χ1n) is 4.66. The van der Waals surface area contributed by atoms with Crippen molar-refractivity contribution in [1.29, 1.82) is 0 Å². The molecule has 1 heterocycles. The van der Waals surface area contributed by atoms with Crippen LogP contribution < -0.4 is 0 Å². The van der Waals surface area contributed by atoms with Gasteiger partial charge >= 0.3 is 5.97 Å². The molecule has 0 amide bonds. The lowest BCUT2D eigenvalue weighted by Gasteiger charge is -2.21. The highest BCUT2D eigenvalue weighted by Crippen LogP contribution is 2.33. The fourth-order valence-electron chi connectivity index (χ4n) is 2.02. The van der Waals surface area contributed by atoms with Gasteiger partial charge in [-0.3, -0.25) is 9.69 Å². The van der Waals surface area contributed by atoms with E-state index in [1.807, 2.05) is 0 Å². The minimum Gasteiger partial charge on any atom is -0.468 e. The summed E-state index contributed by atoms with van der Waals surface area (Å²) < 4.78 is 4.76. The van der Waals surface area contributed by atoms with E-state index in [4.69, 9.17) is 4.74 Å². The number of hydrogen-bond donors (Lipinski definition) is 0. The van der Waals surface area contributed by atoms with Crippen LogP contribution in [0.5, 0.6) is 0 Å². The maximum absolute atomic E-state index is 11.3. The number of ether oxygens (including phenoxy) is 1. The van der Waals surface area contributed by atoms with Crippen molar-refractivity contribution in [2.24, 2.45) is 0 Å². The van der Waals surface area contributed by atoms with E-state index in [-0.39, 0.29) is 12.0 Å². The number of hydrogen-bond acceptors (Lipinski definition) is 3. The summed E-state index contributed by atoms with van der Waals surface area (Å²) >= 11 is 0. The third-order valence-corrected chi connectivity index (χ3v) is 2.78. The number of esters is 1. The molecule has 0 radical (unpaired) electrons. The average molecular weight is 169 g/mol. The van der Waals surface area contributed by atoms with Crippen molar-refractivity contribution in [3.05, 3.63) is 0 Å². The highest BCUT2D eigenvalue weighted by molar-refractivity contribution is 5.76. The lowest BCUT2D eigenvalue weighted by atomic mass is 10.2. The van der Waals surface area contributed by atoms with Crippen LogP contribution in [0, 0.1) is 0 Å². The van der Waals surface area contributed by atoms with Gasteiger partial charge in [0.25, 0.3) is 0 Å². The van der Waals surface area contributed by atoms with Crippen molar-refractivity contribution in [3.8, 4) is 0 Å². The molecule has 2 aliphatic rings. The summed E-state index contributed by atoms with van der Waals surface area (Å²) in [4.78, 5) is 13.6. The normalized spacial score (nSPS) is 30.6. The van der Waals surface area contributed by atoms with Gasteiger partial charge in [-0.1, -0.05) is 0 Å². The summed E-state index contributed by atoms with van der Waals surface area (Å²) in [5, 5.41) is 0. The molecule has 2 rings (SSSR count). The molecule has 0 aromatic rings. The maximum atomic E-state index is 11.3. The monoisotopic (exact) mass is 169 g/mol. The van der Waals surface area contributed by atoms with Gasteiger partial charge in [-0.25, -0.2) is 0 Å². The molecule has 0 bridgehead atoms. The van der Waals surface area contributed by atoms with Crippen molar-refractivity contribution in [3.63, 3.8) is 0 Å². The molecule has 12 heavy (non-hydrogen) atoms. The zero-order valence-electron chi connectivity index (χ0n) is 7.45. The first-order valence-corrected chi connectivity index (χ1v) is 4.66. The average Bonchev–Trinajstić information content (AvgIpc) is 2.83. The molecule has 1 atom stereocenters. The highest BCUT2D eigenvalue weighted by atomic mass is 16.5. The van der Waals surface area contributed by atoms with Crippen LogP contribution in [-0.4, -0.2) is 36.6 Å². The fourth-order valence-corrected chi connectivity index (χ4v) is 2.02. The summed E-state index contributed by atoms with van der Waals surface area (Å²) in [5.74, 6) is -0.0422. The molecule has 1 aliphatic carbocycles. The number of methoxy groups -OCH3 is 1. The van der Waals surface area contributed by atoms with Crippen molar-refractivity contribution in [1.82, 2.24) is 4.90 Å². The Hall–Kier alpha value is -0.570. The van der Waals surface area contributed by atoms with Crippen LogP contribution in [-0.2, 0) is 9.53 Å². The topological polar surface area (TPSA) is 29.5 Å². The number of likely N-dealkylation sites (tertiary alicyclic amines) is 1. The van der Waals surface area contributed by atoms with Crippen LogP contribution in [0.15, 0.2) is 0 Å². The SMILES string of the molecule is COC(=O)C1CCCN1C1CC1. The Morgan fingerprint density at radius 2 is 2.17 bits per heavy atom. The molecular weight excluding hydrogens is 154 g/mol. The lowest BCUT2D eigenvalue weighted by molar-refractivity contribution is -0.146. The predicted octanol–water partition coefficient (Wildman–Crippen LogP) is 0.786. The van der Waals surface area contributed by atoms with Gasteiger partial charge in [0.05, 0.1) is 7.11 Å². The third kappa shape index (κ3) is 1.33. The minimum atomic E-state index is -0.0422. The zero-order valence-corrected chi connectivity index (χ0v) is 7.45. The molecule has 3 heteroatoms. The quantitative estimate of drug-likeness (QED) is 0.572. The summed E-state index contributed by atoms with van der Waals surface area (Å²) in [6, 6.07) is 0.763. The van der Waals surface area contributed by atoms with Crippen LogP contribution in [0.25, 0.3) is 0 Å². The van der Waals surface area contributed by atoms with Crippen LogP contribution >= 0.6 is 0 Å². The first kappa shape index (κ1) is 8.05. The molecule has 2 fully saturated rings. The predicted molar refractivity (Wildman–Crippen MR) is 44.8 cm³/mol. The highest BCUT2D eigenvalue weighted by Gasteiger charge is 2.40. The maximum Gasteiger partial charge on any atom is 0.323 e. The van der Waals surface area contributed by atoms with Gasteiger partial charge in [0.15, 0.2) is 0 Å². The van der Waals surface area contributed by atoms with Crippen LogP contribution in [0.4, 0.5) is 0 Å². The first-order chi connectivity index (χ1) is 5.83. The van der Waals surface area contributed by atoms with Crippen LogP contribution in [0.2, 0.25) is 0 Å². The second-order valence-electron chi connectivity index (χ2n) is 3.65. The smallest absolute Gasteiger partial charge is 0.323 e. The van der Waals surface area contributed by atoms with Crippen molar-refractivity contribution >= 4 is 5.97 Å². The molecule has 1 saturated heterocycles. The molecule has 1 unspecified atom stereocenters. The van der Waals surface area contributed by atoms with E-state index < -0.39 is 0 Å². The van der Waals surface area contributed by atoms with E-state index in [9.17, 15) is 4.79 Å². The molecular formula is C9H15NO2. The third-order valence-electron chi connectivity index (χ3n) is 2.78. The number of rotatable bonds is 2. The zero-order chi connectivity index (χ0) is 8.55. The molecule has 0 aromatic heterocycles. The van der Waals surface area contributed by atoms with Gasteiger partial charge in [0.1, 0.15) is 6.04 Å². The molecule has 0 aromatic carbocycles. The van der Waals surface area contributed by atoms with E-state index >= 15 is 0 Å². The van der Waals surface area contributed by atoms with E-state index in [0.717, 1.165) is 19.4 Å². The van der Waals surface area contributed by atoms with Gasteiger partial charge in [-0.2, -0.15) is 0 Å². The van der Waals surface area contributed by atoms with E-state index in [0.29, 0.717) is 6.04 Å². The summed E-state index contributed by atoms with van der Waals surface area (Å²) in [6.07, 6.45) is 4.68. The standard InChI is InChI=1S/C9H15NO2/c1-12-9(11)8-3-2-6-10(8)7-4-5-7/h7-8H,2-6H2,1H3. The van der Waals surface area contributed by atoms with Crippen molar-refractivity contribution in [2.45, 2.75) is 37.8 Å². The molecule has 1 aliphatic heterocycles. The van der Waals surface area contributed by atoms with Crippen LogP contribution in [0.3, 0.4) is 0 Å². The molecule has 0 N–H and O–H groups in total. The largest absolute Gasteiger partial charge is 0.468 e. The second kappa shape index (κ2) is 3.05. The molecule has 3 nitrogen and oxygen atoms in total. The molecule has 68 valence electrons. The number of carbonyl (C=O) groups excluding carboxylic acids is 1. The molecule has 1 saturated carbocycles. The Kier molecular flexibility index (Phi) is 2.05. The Balaban J connectivity index is 1.98. The van der Waals surface area contributed by atoms with E-state index in [1.165, 1.54) is 20.0 Å². The second-order valence-corrected chi connectivity index (χ2v) is 3.65. The Morgan fingerprint density at radius 1 is 1.42 bits per heavy atom. The summed E-state index contributed by atoms with van der Waals surface area (Å²) in [6.45, 7) is 1.09. The lowest BCUT2D eigenvalue weighted by Crippen LogP contribution is -2.38. The van der Waals surface area contributed by atoms with Gasteiger partial charge in [0.2, 0.25) is 0 Å². The van der Waals surface area contributed by atoms with Crippen LogP contribution in [0.1, 0.15) is 25.7 Å². The van der Waals surface area contributed by atoms with E-state index in [2.05, 4.69) is 4.90 Å². The van der Waals surface area contributed by atoms with Gasteiger partial charge in [-0.15, -0.1) is 0 Å². The van der Waals surface area contributed by atoms with Gasteiger partial charge in [-0.05, 0) is 32.2 Å². The Morgan fingerprint density at radius 3 is 2.75 bits per heavy atom. The minimum absolute atomic E-state index is 0.0422. The number of nitrogens with zero attached hydrogens (tertiary/aromatic N) is 1. The van der Waals surface area contributed by atoms with E-state index in [1.54, 1.807) is 0 Å². The number of carbonyl (C=O) groups is 1. The fraction of sp³-hybridized carbons (Fsp3) is 0.889. The van der Waals surface area contributed by atoms with Gasteiger partial charge in [0, 0.05) is 6.04 Å². The summed E-state index contributed by atoms with van der Waals surface area (Å²) in [7, 11) is 1.48. The summed E-state index contributed by atoms with van der Waals surface area (Å²) in [5.41, 5.74) is 0. The van der Waals surface area contributed by atoms with Gasteiger partial charge < -0.3 is 4.74 Å². The Bertz CT molecular complexity index is 189. The van der Waals surface area contributed by atoms with Crippen molar-refractivity contribution < 1.29 is 9.53 Å². The Labute approximate surface area is 72.7 Å².